The normalized spacial score (nSPS) is 11.7. The molecule has 0 saturated heterocycles. The number of ether oxygens (including phenoxy) is 1. The molecule has 0 bridgehead atoms. The van der Waals surface area contributed by atoms with Gasteiger partial charge in [0.05, 0.1) is 12.3 Å². The lowest BCUT2D eigenvalue weighted by atomic mass is 10.0. The molecule has 0 heterocycles. The lowest BCUT2D eigenvalue weighted by molar-refractivity contribution is -0.160. The third-order valence-electron chi connectivity index (χ3n) is 3.33. The van der Waals surface area contributed by atoms with Crippen molar-refractivity contribution in [2.75, 3.05) is 0 Å². The Bertz CT molecular complexity index is 590. The van der Waals surface area contributed by atoms with Gasteiger partial charge in [0.25, 0.3) is 0 Å². The van der Waals surface area contributed by atoms with Gasteiger partial charge in [-0.2, -0.15) is 0 Å². The van der Waals surface area contributed by atoms with Crippen molar-refractivity contribution in [3.05, 3.63) is 71.8 Å². The molecule has 0 unspecified atom stereocenters. The van der Waals surface area contributed by atoms with Gasteiger partial charge in [-0.05, 0) is 24.5 Å². The number of aryl methyl sites for hydroxylation is 1. The Hall–Kier alpha value is -2.42. The second kappa shape index (κ2) is 7.39. The molecule has 2 aromatic carbocycles. The monoisotopic (exact) mass is 282 g/mol. The average molecular weight is 282 g/mol. The van der Waals surface area contributed by atoms with Gasteiger partial charge in [0.2, 0.25) is 0 Å². The van der Waals surface area contributed by atoms with E-state index in [1.807, 2.05) is 60.7 Å². The molecule has 0 N–H and O–H groups in total. The summed E-state index contributed by atoms with van der Waals surface area (Å²) in [6.45, 7) is 1.74. The van der Waals surface area contributed by atoms with Crippen LogP contribution in [0, 0.1) is 0 Å². The van der Waals surface area contributed by atoms with E-state index in [0.717, 1.165) is 11.1 Å². The van der Waals surface area contributed by atoms with E-state index in [2.05, 4.69) is 0 Å². The summed E-state index contributed by atoms with van der Waals surface area (Å²) in [7, 11) is 0. The maximum Gasteiger partial charge on any atom is 0.320 e. The van der Waals surface area contributed by atoms with Crippen LogP contribution in [-0.2, 0) is 20.7 Å². The highest BCUT2D eigenvalue weighted by Crippen LogP contribution is 2.16. The van der Waals surface area contributed by atoms with Crippen LogP contribution in [0.3, 0.4) is 0 Å². The molecule has 0 aromatic heterocycles. The number of carbonyl (C=O) groups is 2. The van der Waals surface area contributed by atoms with Crippen molar-refractivity contribution in [2.45, 2.75) is 25.7 Å². The van der Waals surface area contributed by atoms with Crippen molar-refractivity contribution in [2.24, 2.45) is 0 Å². The maximum atomic E-state index is 11.9. The van der Waals surface area contributed by atoms with Gasteiger partial charge in [0.15, 0.2) is 0 Å². The summed E-state index contributed by atoms with van der Waals surface area (Å²) >= 11 is 0. The first-order valence-electron chi connectivity index (χ1n) is 7.00. The molecule has 0 saturated carbocycles. The fourth-order valence-corrected chi connectivity index (χ4v) is 2.02. The first-order chi connectivity index (χ1) is 10.2. The van der Waals surface area contributed by atoms with Crippen LogP contribution in [0.2, 0.25) is 0 Å². The first-order valence-corrected chi connectivity index (χ1v) is 7.00. The van der Waals surface area contributed by atoms with Crippen molar-refractivity contribution in [3.63, 3.8) is 0 Å². The van der Waals surface area contributed by atoms with Gasteiger partial charge in [-0.15, -0.1) is 0 Å². The fraction of sp³-hybridized carbons (Fsp3) is 0.222. The van der Waals surface area contributed by atoms with Crippen molar-refractivity contribution < 1.29 is 14.3 Å². The summed E-state index contributed by atoms with van der Waals surface area (Å²) in [4.78, 5) is 23.6. The molecule has 0 radical (unpaired) electrons. The summed E-state index contributed by atoms with van der Waals surface area (Å²) in [5, 5.41) is 0. The minimum atomic E-state index is -0.501. The van der Waals surface area contributed by atoms with Crippen LogP contribution in [-0.4, -0.2) is 11.9 Å². The van der Waals surface area contributed by atoms with Crippen LogP contribution >= 0.6 is 0 Å². The zero-order chi connectivity index (χ0) is 15.1. The van der Waals surface area contributed by atoms with Crippen molar-refractivity contribution >= 4 is 11.9 Å². The van der Waals surface area contributed by atoms with Crippen molar-refractivity contribution in [3.8, 4) is 0 Å². The number of rotatable bonds is 5. The highest BCUT2D eigenvalue weighted by molar-refractivity contribution is 5.89. The summed E-state index contributed by atoms with van der Waals surface area (Å²) in [6.07, 6.45) is 0.782. The number of benzene rings is 2. The van der Waals surface area contributed by atoms with Gasteiger partial charge in [-0.3, -0.25) is 9.59 Å². The summed E-state index contributed by atoms with van der Waals surface area (Å²) in [5.74, 6) is -1.42. The van der Waals surface area contributed by atoms with Gasteiger partial charge < -0.3 is 4.74 Å². The minimum Gasteiger partial charge on any atom is -0.393 e. The fourth-order valence-electron chi connectivity index (χ4n) is 2.02. The van der Waals surface area contributed by atoms with Crippen LogP contribution in [0.15, 0.2) is 60.7 Å². The Morgan fingerprint density at radius 2 is 1.52 bits per heavy atom. The zero-order valence-electron chi connectivity index (χ0n) is 12.0. The van der Waals surface area contributed by atoms with E-state index in [1.165, 1.54) is 0 Å². The molecule has 108 valence electrons. The zero-order valence-corrected chi connectivity index (χ0v) is 12.0. The lowest BCUT2D eigenvalue weighted by Gasteiger charge is -2.10. The highest BCUT2D eigenvalue weighted by atomic mass is 16.6. The van der Waals surface area contributed by atoms with E-state index in [9.17, 15) is 9.59 Å². The molecule has 0 aliphatic carbocycles. The molecular formula is C18H18O3. The molecule has 0 spiro atoms. The molecular weight excluding hydrogens is 264 g/mol. The van der Waals surface area contributed by atoms with Crippen LogP contribution in [0.5, 0.6) is 0 Å². The predicted molar refractivity (Wildman–Crippen MR) is 80.7 cm³/mol. The highest BCUT2D eigenvalue weighted by Gasteiger charge is 2.19. The van der Waals surface area contributed by atoms with Crippen LogP contribution < -0.4 is 0 Å². The van der Waals surface area contributed by atoms with Crippen LogP contribution in [0.4, 0.5) is 0 Å². The Balaban J connectivity index is 1.83. The van der Waals surface area contributed by atoms with Crippen molar-refractivity contribution in [1.82, 2.24) is 0 Å². The Kier molecular flexibility index (Phi) is 5.27. The second-order valence-electron chi connectivity index (χ2n) is 4.91. The largest absolute Gasteiger partial charge is 0.393 e. The summed E-state index contributed by atoms with van der Waals surface area (Å²) < 4.78 is 4.91. The third kappa shape index (κ3) is 4.56. The van der Waals surface area contributed by atoms with E-state index < -0.39 is 17.9 Å². The lowest BCUT2D eigenvalue weighted by Crippen LogP contribution is -2.18. The Morgan fingerprint density at radius 3 is 2.14 bits per heavy atom. The van der Waals surface area contributed by atoms with Gasteiger partial charge in [-0.1, -0.05) is 60.7 Å². The molecule has 0 fully saturated rings. The molecule has 3 nitrogen and oxygen atoms in total. The van der Waals surface area contributed by atoms with Gasteiger partial charge in [0, 0.05) is 0 Å². The maximum absolute atomic E-state index is 11.9. The van der Waals surface area contributed by atoms with E-state index in [0.29, 0.717) is 6.42 Å². The minimum absolute atomic E-state index is 0.206. The second-order valence-corrected chi connectivity index (χ2v) is 4.91. The number of esters is 2. The predicted octanol–water partition coefficient (Wildman–Crippen LogP) is 3.49. The van der Waals surface area contributed by atoms with Crippen LogP contribution in [0.25, 0.3) is 0 Å². The van der Waals surface area contributed by atoms with Gasteiger partial charge in [-0.25, -0.2) is 0 Å². The average Bonchev–Trinajstić information content (AvgIpc) is 2.54. The van der Waals surface area contributed by atoms with E-state index in [1.54, 1.807) is 6.92 Å². The SMILES string of the molecule is C[C@H](C(=O)OC(=O)CCc1ccccc1)c1ccccc1. The van der Waals surface area contributed by atoms with E-state index in [-0.39, 0.29) is 6.42 Å². The molecule has 1 atom stereocenters. The molecule has 0 aliphatic rings. The quantitative estimate of drug-likeness (QED) is 0.623. The summed E-state index contributed by atoms with van der Waals surface area (Å²) in [6, 6.07) is 18.9. The van der Waals surface area contributed by atoms with Crippen LogP contribution in [0.1, 0.15) is 30.4 Å². The van der Waals surface area contributed by atoms with E-state index in [4.69, 9.17) is 4.74 Å². The topological polar surface area (TPSA) is 43.4 Å². The van der Waals surface area contributed by atoms with Gasteiger partial charge >= 0.3 is 11.9 Å². The molecule has 21 heavy (non-hydrogen) atoms. The standard InChI is InChI=1S/C18H18O3/c1-14(16-10-6-3-7-11-16)18(20)21-17(19)13-12-15-8-4-2-5-9-15/h2-11,14H,12-13H2,1H3/t14-/m0/s1. The third-order valence-corrected chi connectivity index (χ3v) is 3.33. The Labute approximate surface area is 124 Å². The van der Waals surface area contributed by atoms with E-state index >= 15 is 0 Å². The number of hydrogen-bond donors (Lipinski definition) is 0. The van der Waals surface area contributed by atoms with Crippen molar-refractivity contribution in [1.29, 1.82) is 0 Å². The van der Waals surface area contributed by atoms with Gasteiger partial charge in [0.1, 0.15) is 0 Å². The smallest absolute Gasteiger partial charge is 0.320 e. The number of hydrogen-bond acceptors (Lipinski definition) is 3. The molecule has 2 rings (SSSR count). The Morgan fingerprint density at radius 1 is 0.952 bits per heavy atom. The molecule has 3 heteroatoms. The molecule has 2 aromatic rings. The first kappa shape index (κ1) is 15.0. The number of carbonyl (C=O) groups excluding carboxylic acids is 2. The molecule has 0 aliphatic heterocycles. The summed E-state index contributed by atoms with van der Waals surface area (Å²) in [5.41, 5.74) is 1.90. The molecule has 0 amide bonds.